The Balaban J connectivity index is 2.83. The third-order valence-corrected chi connectivity index (χ3v) is 5.36. The number of thiophene rings is 1. The molecule has 0 aliphatic heterocycles. The lowest BCUT2D eigenvalue weighted by Crippen LogP contribution is -2.36. The lowest BCUT2D eigenvalue weighted by molar-refractivity contribution is -0.143. The van der Waals surface area contributed by atoms with E-state index in [1.807, 2.05) is 0 Å². The van der Waals surface area contributed by atoms with Crippen LogP contribution in [0.25, 0.3) is 0 Å². The number of esters is 1. The predicted molar refractivity (Wildman–Crippen MR) is 82.5 cm³/mol. The van der Waals surface area contributed by atoms with Crippen molar-refractivity contribution in [2.45, 2.75) is 6.92 Å². The van der Waals surface area contributed by atoms with Crippen LogP contribution in [-0.2, 0) is 9.53 Å². The number of nitrogens with zero attached hydrogens (tertiary/aromatic N) is 1. The second-order valence-corrected chi connectivity index (χ2v) is 6.74. The molecule has 1 amide bonds. The number of carbonyl (C=O) groups excluding carboxylic acids is 2. The number of carbonyl (C=O) groups is 2. The first-order valence-corrected chi connectivity index (χ1v) is 7.90. The molecule has 0 unspecified atom stereocenters. The van der Waals surface area contributed by atoms with Crippen molar-refractivity contribution in [3.63, 3.8) is 0 Å². The lowest BCUT2D eigenvalue weighted by atomic mass is 10.3. The standard InChI is InChI=1S/C12H13Br2NO3S/c1-3-5-15(7-10(16)18-4-2)12(17)9-6-8(13)11(14)19-9/h3,6H,1,4-5,7H2,2H3. The molecule has 0 aromatic carbocycles. The zero-order valence-corrected chi connectivity index (χ0v) is 14.3. The van der Waals surface area contributed by atoms with Crippen molar-refractivity contribution in [1.29, 1.82) is 0 Å². The fourth-order valence-electron chi connectivity index (χ4n) is 1.35. The van der Waals surface area contributed by atoms with Crippen molar-refractivity contribution in [2.75, 3.05) is 19.7 Å². The molecule has 7 heteroatoms. The van der Waals surface area contributed by atoms with Gasteiger partial charge in [-0.15, -0.1) is 17.9 Å². The van der Waals surface area contributed by atoms with Gasteiger partial charge in [-0.1, -0.05) is 6.08 Å². The van der Waals surface area contributed by atoms with Crippen LogP contribution in [0.5, 0.6) is 0 Å². The molecule has 104 valence electrons. The fourth-order valence-corrected chi connectivity index (χ4v) is 3.35. The largest absolute Gasteiger partial charge is 0.465 e. The van der Waals surface area contributed by atoms with Crippen molar-refractivity contribution >= 4 is 55.1 Å². The summed E-state index contributed by atoms with van der Waals surface area (Å²) in [5.74, 6) is -0.642. The Morgan fingerprint density at radius 2 is 2.21 bits per heavy atom. The quantitative estimate of drug-likeness (QED) is 0.532. The molecule has 0 spiro atoms. The van der Waals surface area contributed by atoms with Crippen molar-refractivity contribution < 1.29 is 14.3 Å². The highest BCUT2D eigenvalue weighted by atomic mass is 79.9. The molecule has 1 aromatic heterocycles. The van der Waals surface area contributed by atoms with E-state index in [1.54, 1.807) is 19.1 Å². The minimum atomic E-state index is -0.424. The van der Waals surface area contributed by atoms with Gasteiger partial charge in [0.1, 0.15) is 6.54 Å². The van der Waals surface area contributed by atoms with E-state index >= 15 is 0 Å². The molecule has 0 fully saturated rings. The molecular formula is C12H13Br2NO3S. The van der Waals surface area contributed by atoms with Crippen molar-refractivity contribution in [1.82, 2.24) is 4.90 Å². The molecule has 0 N–H and O–H groups in total. The van der Waals surface area contributed by atoms with Crippen LogP contribution in [-0.4, -0.2) is 36.5 Å². The Morgan fingerprint density at radius 1 is 1.53 bits per heavy atom. The van der Waals surface area contributed by atoms with E-state index in [0.717, 1.165) is 8.26 Å². The third kappa shape index (κ3) is 4.74. The number of hydrogen-bond acceptors (Lipinski definition) is 4. The van der Waals surface area contributed by atoms with Crippen LogP contribution in [0.15, 0.2) is 27.0 Å². The number of amides is 1. The van der Waals surface area contributed by atoms with Gasteiger partial charge in [-0.05, 0) is 44.8 Å². The SMILES string of the molecule is C=CCN(CC(=O)OCC)C(=O)c1cc(Br)c(Br)s1. The van der Waals surface area contributed by atoms with Gasteiger partial charge in [0, 0.05) is 11.0 Å². The minimum absolute atomic E-state index is 0.0775. The average Bonchev–Trinajstić information content (AvgIpc) is 2.68. The van der Waals surface area contributed by atoms with E-state index in [2.05, 4.69) is 38.4 Å². The Bertz CT molecular complexity index is 468. The molecule has 0 bridgehead atoms. The van der Waals surface area contributed by atoms with Gasteiger partial charge in [0.15, 0.2) is 0 Å². The molecule has 0 saturated carbocycles. The van der Waals surface area contributed by atoms with Crippen LogP contribution in [0, 0.1) is 0 Å². The zero-order valence-electron chi connectivity index (χ0n) is 10.3. The van der Waals surface area contributed by atoms with Crippen LogP contribution in [0.4, 0.5) is 0 Å². The monoisotopic (exact) mass is 409 g/mol. The van der Waals surface area contributed by atoms with E-state index in [-0.39, 0.29) is 12.5 Å². The van der Waals surface area contributed by atoms with Gasteiger partial charge in [0.2, 0.25) is 0 Å². The van der Waals surface area contributed by atoms with E-state index in [9.17, 15) is 9.59 Å². The maximum atomic E-state index is 12.3. The zero-order chi connectivity index (χ0) is 14.4. The molecular weight excluding hydrogens is 398 g/mol. The Morgan fingerprint density at radius 3 is 2.68 bits per heavy atom. The lowest BCUT2D eigenvalue weighted by Gasteiger charge is -2.19. The number of halogens is 2. The van der Waals surface area contributed by atoms with E-state index in [1.165, 1.54) is 16.2 Å². The van der Waals surface area contributed by atoms with Crippen LogP contribution in [0.3, 0.4) is 0 Å². The van der Waals surface area contributed by atoms with E-state index in [0.29, 0.717) is 18.0 Å². The molecule has 0 atom stereocenters. The summed E-state index contributed by atoms with van der Waals surface area (Å²) in [6, 6.07) is 1.72. The third-order valence-electron chi connectivity index (χ3n) is 2.12. The van der Waals surface area contributed by atoms with Gasteiger partial charge in [0.05, 0.1) is 15.3 Å². The first-order valence-electron chi connectivity index (χ1n) is 5.50. The first kappa shape index (κ1) is 16.4. The normalized spacial score (nSPS) is 10.1. The van der Waals surface area contributed by atoms with Crippen molar-refractivity contribution in [3.8, 4) is 0 Å². The Kier molecular flexibility index (Phi) is 6.74. The average molecular weight is 411 g/mol. The maximum Gasteiger partial charge on any atom is 0.325 e. The van der Waals surface area contributed by atoms with Crippen molar-refractivity contribution in [2.24, 2.45) is 0 Å². The molecule has 4 nitrogen and oxygen atoms in total. The predicted octanol–water partition coefficient (Wildman–Crippen LogP) is 3.46. The van der Waals surface area contributed by atoms with Crippen LogP contribution < -0.4 is 0 Å². The van der Waals surface area contributed by atoms with Gasteiger partial charge in [-0.2, -0.15) is 0 Å². The Hall–Kier alpha value is -0.660. The molecule has 0 aliphatic rings. The summed E-state index contributed by atoms with van der Waals surface area (Å²) in [6.07, 6.45) is 1.58. The van der Waals surface area contributed by atoms with Crippen molar-refractivity contribution in [3.05, 3.63) is 31.9 Å². The van der Waals surface area contributed by atoms with Gasteiger partial charge >= 0.3 is 5.97 Å². The molecule has 0 radical (unpaired) electrons. The summed E-state index contributed by atoms with van der Waals surface area (Å²) < 4.78 is 6.51. The van der Waals surface area contributed by atoms with Crippen LogP contribution in [0.2, 0.25) is 0 Å². The molecule has 19 heavy (non-hydrogen) atoms. The van der Waals surface area contributed by atoms with Gasteiger partial charge in [-0.3, -0.25) is 9.59 Å². The van der Waals surface area contributed by atoms with E-state index < -0.39 is 5.97 Å². The van der Waals surface area contributed by atoms with Gasteiger partial charge in [-0.25, -0.2) is 0 Å². The molecule has 0 aliphatic carbocycles. The van der Waals surface area contributed by atoms with Gasteiger partial charge < -0.3 is 9.64 Å². The summed E-state index contributed by atoms with van der Waals surface area (Å²) in [6.45, 7) is 5.83. The Labute approximate surface area is 132 Å². The number of ether oxygens (including phenoxy) is 1. The summed E-state index contributed by atoms with van der Waals surface area (Å²) >= 11 is 7.98. The highest BCUT2D eigenvalue weighted by Crippen LogP contribution is 2.32. The number of hydrogen-bond donors (Lipinski definition) is 0. The van der Waals surface area contributed by atoms with Crippen LogP contribution in [0.1, 0.15) is 16.6 Å². The highest BCUT2D eigenvalue weighted by molar-refractivity contribution is 9.13. The summed E-state index contributed by atoms with van der Waals surface area (Å²) in [5, 5.41) is 0. The highest BCUT2D eigenvalue weighted by Gasteiger charge is 2.21. The molecule has 1 heterocycles. The molecule has 1 aromatic rings. The summed E-state index contributed by atoms with van der Waals surface area (Å²) in [4.78, 5) is 25.7. The number of rotatable bonds is 6. The second kappa shape index (κ2) is 7.81. The first-order chi connectivity index (χ1) is 8.99. The second-order valence-electron chi connectivity index (χ2n) is 3.51. The smallest absolute Gasteiger partial charge is 0.325 e. The minimum Gasteiger partial charge on any atom is -0.465 e. The molecule has 0 saturated heterocycles. The topological polar surface area (TPSA) is 46.6 Å². The summed E-state index contributed by atoms with van der Waals surface area (Å²) in [5.41, 5.74) is 0. The van der Waals surface area contributed by atoms with Gasteiger partial charge in [0.25, 0.3) is 5.91 Å². The summed E-state index contributed by atoms with van der Waals surface area (Å²) in [7, 11) is 0. The fraction of sp³-hybridized carbons (Fsp3) is 0.333. The van der Waals surface area contributed by atoms with Crippen LogP contribution >= 0.6 is 43.2 Å². The van der Waals surface area contributed by atoms with E-state index in [4.69, 9.17) is 4.74 Å². The maximum absolute atomic E-state index is 12.3. The molecule has 1 rings (SSSR count).